The van der Waals surface area contributed by atoms with Crippen molar-refractivity contribution in [1.82, 2.24) is 0 Å². The third kappa shape index (κ3) is 8.95. The number of unbranched alkanes of at least 4 members (excludes halogenated alkanes) is 11. The second kappa shape index (κ2) is 11.8. The van der Waals surface area contributed by atoms with Crippen LogP contribution in [0.1, 0.15) is 97.3 Å². The summed E-state index contributed by atoms with van der Waals surface area (Å²) >= 11 is 0. The molecule has 0 aliphatic carbocycles. The molecule has 1 aliphatic rings. The molecule has 0 saturated carbocycles. The van der Waals surface area contributed by atoms with Crippen LogP contribution in [0.2, 0.25) is 0 Å². The van der Waals surface area contributed by atoms with Gasteiger partial charge in [-0.3, -0.25) is 0 Å². The van der Waals surface area contributed by atoms with E-state index >= 15 is 0 Å². The second-order valence-electron chi connectivity index (χ2n) is 6.44. The Kier molecular flexibility index (Phi) is 10.3. The van der Waals surface area contributed by atoms with Crippen LogP contribution in [0.4, 0.5) is 0 Å². The average molecular weight is 294 g/mol. The van der Waals surface area contributed by atoms with Gasteiger partial charge in [-0.25, -0.2) is 4.79 Å². The third-order valence-corrected chi connectivity index (χ3v) is 4.29. The fourth-order valence-electron chi connectivity index (χ4n) is 2.97. The minimum Gasteiger partial charge on any atom is -0.455 e. The maximum absolute atomic E-state index is 11.4. The molecule has 1 unspecified atom stereocenters. The lowest BCUT2D eigenvalue weighted by molar-refractivity contribution is -0.139. The number of hydrogen-bond acceptors (Lipinski definition) is 2. The molecule has 2 heteroatoms. The van der Waals surface area contributed by atoms with Crippen LogP contribution in [0, 0.1) is 0 Å². The molecule has 1 atom stereocenters. The number of rotatable bonds is 13. The Balaban J connectivity index is 1.81. The van der Waals surface area contributed by atoms with Gasteiger partial charge in [0.25, 0.3) is 0 Å². The molecule has 0 aromatic carbocycles. The Labute approximate surface area is 131 Å². The van der Waals surface area contributed by atoms with Crippen molar-refractivity contribution in [3.05, 3.63) is 11.6 Å². The van der Waals surface area contributed by atoms with Crippen molar-refractivity contribution in [3.8, 4) is 0 Å². The van der Waals surface area contributed by atoms with E-state index in [0.29, 0.717) is 0 Å². The number of hydrogen-bond donors (Lipinski definition) is 0. The number of esters is 1. The molecule has 0 bridgehead atoms. The zero-order chi connectivity index (χ0) is 15.3. The van der Waals surface area contributed by atoms with Crippen molar-refractivity contribution in [3.63, 3.8) is 0 Å². The van der Waals surface area contributed by atoms with Crippen LogP contribution in [-0.2, 0) is 9.53 Å². The van der Waals surface area contributed by atoms with Crippen molar-refractivity contribution < 1.29 is 9.53 Å². The molecular formula is C19H34O2. The minimum atomic E-state index is -0.0921. The number of cyclic esters (lactones) is 1. The lowest BCUT2D eigenvalue weighted by atomic mass is 10.0. The molecule has 122 valence electrons. The van der Waals surface area contributed by atoms with E-state index in [4.69, 9.17) is 4.74 Å². The first kappa shape index (κ1) is 18.3. The summed E-state index contributed by atoms with van der Waals surface area (Å²) in [5.74, 6) is -0.0921. The van der Waals surface area contributed by atoms with Gasteiger partial charge in [-0.2, -0.15) is 0 Å². The smallest absolute Gasteiger partial charge is 0.334 e. The van der Waals surface area contributed by atoms with Gasteiger partial charge in [0.05, 0.1) is 0 Å². The van der Waals surface area contributed by atoms with E-state index in [1.54, 1.807) is 0 Å². The number of carbonyl (C=O) groups excluding carboxylic acids is 1. The van der Waals surface area contributed by atoms with Crippen LogP contribution < -0.4 is 0 Å². The lowest BCUT2D eigenvalue weighted by Gasteiger charge is -2.03. The summed E-state index contributed by atoms with van der Waals surface area (Å²) in [6.45, 7) is 4.19. The van der Waals surface area contributed by atoms with Gasteiger partial charge in [-0.05, 0) is 25.8 Å². The van der Waals surface area contributed by atoms with Crippen LogP contribution in [0.15, 0.2) is 11.6 Å². The van der Waals surface area contributed by atoms with Gasteiger partial charge in [0.2, 0.25) is 0 Å². The highest BCUT2D eigenvalue weighted by Gasteiger charge is 2.20. The van der Waals surface area contributed by atoms with E-state index in [1.807, 2.05) is 13.0 Å². The summed E-state index contributed by atoms with van der Waals surface area (Å²) < 4.78 is 5.10. The van der Waals surface area contributed by atoms with Gasteiger partial charge in [0, 0.05) is 5.57 Å². The maximum Gasteiger partial charge on any atom is 0.334 e. The van der Waals surface area contributed by atoms with Crippen LogP contribution in [0.3, 0.4) is 0 Å². The summed E-state index contributed by atoms with van der Waals surface area (Å²) in [6, 6.07) is 0. The Bertz CT molecular complexity index is 307. The van der Waals surface area contributed by atoms with Crippen LogP contribution in [0.25, 0.3) is 0 Å². The Hall–Kier alpha value is -0.790. The minimum absolute atomic E-state index is 0.00942. The van der Waals surface area contributed by atoms with Crippen molar-refractivity contribution in [1.29, 1.82) is 0 Å². The fourth-order valence-corrected chi connectivity index (χ4v) is 2.97. The molecule has 0 amide bonds. The summed E-state index contributed by atoms with van der Waals surface area (Å²) in [4.78, 5) is 11.4. The van der Waals surface area contributed by atoms with Gasteiger partial charge in [-0.1, -0.05) is 77.6 Å². The monoisotopic (exact) mass is 294 g/mol. The zero-order valence-corrected chi connectivity index (χ0v) is 14.2. The van der Waals surface area contributed by atoms with E-state index < -0.39 is 0 Å². The molecule has 0 spiro atoms. The molecule has 1 heterocycles. The number of carbonyl (C=O) groups is 1. The molecular weight excluding hydrogens is 260 g/mol. The van der Waals surface area contributed by atoms with Crippen LogP contribution in [0.5, 0.6) is 0 Å². The van der Waals surface area contributed by atoms with Gasteiger partial charge < -0.3 is 4.74 Å². The normalized spacial score (nSPS) is 17.9. The molecule has 0 fully saturated rings. The molecule has 0 aromatic heterocycles. The SMILES string of the molecule is CCCCCCCCCCCCCCC1=CC(C)OC1=O. The quantitative estimate of drug-likeness (QED) is 0.310. The second-order valence-corrected chi connectivity index (χ2v) is 6.44. The molecule has 1 aliphatic heterocycles. The maximum atomic E-state index is 11.4. The van der Waals surface area contributed by atoms with E-state index in [9.17, 15) is 4.79 Å². The Morgan fingerprint density at radius 1 is 0.857 bits per heavy atom. The molecule has 1 rings (SSSR count). The van der Waals surface area contributed by atoms with Gasteiger partial charge in [-0.15, -0.1) is 0 Å². The van der Waals surface area contributed by atoms with E-state index in [-0.39, 0.29) is 12.1 Å². The topological polar surface area (TPSA) is 26.3 Å². The first-order valence-electron chi connectivity index (χ1n) is 9.15. The van der Waals surface area contributed by atoms with Crippen molar-refractivity contribution >= 4 is 5.97 Å². The van der Waals surface area contributed by atoms with Gasteiger partial charge >= 0.3 is 5.97 Å². The summed E-state index contributed by atoms with van der Waals surface area (Å²) in [6.07, 6.45) is 19.1. The highest BCUT2D eigenvalue weighted by Crippen LogP contribution is 2.20. The number of ether oxygens (including phenoxy) is 1. The standard InChI is InChI=1S/C19H34O2/c1-3-4-5-6-7-8-9-10-11-12-13-14-15-18-16-17(2)21-19(18)20/h16-17H,3-15H2,1-2H3. The summed E-state index contributed by atoms with van der Waals surface area (Å²) in [5, 5.41) is 0. The first-order chi connectivity index (χ1) is 10.2. The summed E-state index contributed by atoms with van der Waals surface area (Å²) in [7, 11) is 0. The van der Waals surface area contributed by atoms with Crippen molar-refractivity contribution in [2.24, 2.45) is 0 Å². The molecule has 0 N–H and O–H groups in total. The van der Waals surface area contributed by atoms with Crippen LogP contribution in [-0.4, -0.2) is 12.1 Å². The molecule has 2 nitrogen and oxygen atoms in total. The van der Waals surface area contributed by atoms with E-state index in [0.717, 1.165) is 18.4 Å². The third-order valence-electron chi connectivity index (χ3n) is 4.29. The first-order valence-corrected chi connectivity index (χ1v) is 9.15. The largest absolute Gasteiger partial charge is 0.455 e. The van der Waals surface area contributed by atoms with Crippen molar-refractivity contribution in [2.45, 2.75) is 103 Å². The predicted octanol–water partition coefficient (Wildman–Crippen LogP) is 5.95. The van der Waals surface area contributed by atoms with Gasteiger partial charge in [0.1, 0.15) is 6.10 Å². The highest BCUT2D eigenvalue weighted by molar-refractivity contribution is 5.90. The Morgan fingerprint density at radius 2 is 1.33 bits per heavy atom. The molecule has 0 radical (unpaired) electrons. The van der Waals surface area contributed by atoms with Gasteiger partial charge in [0.15, 0.2) is 0 Å². The average Bonchev–Trinajstić information content (AvgIpc) is 2.78. The molecule has 21 heavy (non-hydrogen) atoms. The predicted molar refractivity (Wildman–Crippen MR) is 89.3 cm³/mol. The van der Waals surface area contributed by atoms with E-state index in [2.05, 4.69) is 6.92 Å². The van der Waals surface area contributed by atoms with E-state index in [1.165, 1.54) is 70.6 Å². The Morgan fingerprint density at radius 3 is 1.76 bits per heavy atom. The molecule has 0 aromatic rings. The van der Waals surface area contributed by atoms with Crippen LogP contribution >= 0.6 is 0 Å². The van der Waals surface area contributed by atoms with Crippen molar-refractivity contribution in [2.75, 3.05) is 0 Å². The summed E-state index contributed by atoms with van der Waals surface area (Å²) in [5.41, 5.74) is 0.898. The zero-order valence-electron chi connectivity index (χ0n) is 14.2. The lowest BCUT2D eigenvalue weighted by Crippen LogP contribution is -2.03. The highest BCUT2D eigenvalue weighted by atomic mass is 16.5. The fraction of sp³-hybridized carbons (Fsp3) is 0.842. The molecule has 0 saturated heterocycles.